The van der Waals surface area contributed by atoms with Gasteiger partial charge in [0.05, 0.1) is 44.7 Å². The van der Waals surface area contributed by atoms with Crippen LogP contribution in [-0.4, -0.2) is 55.8 Å². The largest absolute Gasteiger partial charge is 0.494 e. The first-order chi connectivity index (χ1) is 11.2. The summed E-state index contributed by atoms with van der Waals surface area (Å²) in [6.07, 6.45) is 1.90. The highest BCUT2D eigenvalue weighted by Crippen LogP contribution is 2.30. The number of carbonyl (C=O) groups excluding carboxylic acids is 1. The number of piperazine rings is 1. The van der Waals surface area contributed by atoms with Crippen LogP contribution in [0, 0.1) is 0 Å². The molecular formula is C17H22N3O2S+. The van der Waals surface area contributed by atoms with Gasteiger partial charge in [-0.05, 0) is 42.5 Å². The Balaban J connectivity index is 1.67. The topological polar surface area (TPSA) is 46.3 Å². The second-order valence-corrected chi connectivity index (χ2v) is 6.77. The number of benzene rings is 1. The monoisotopic (exact) mass is 332 g/mol. The third-order valence-corrected chi connectivity index (χ3v) is 5.03. The Morgan fingerprint density at radius 3 is 2.65 bits per heavy atom. The first-order valence-corrected chi connectivity index (χ1v) is 8.79. The third-order valence-electron chi connectivity index (χ3n) is 3.99. The van der Waals surface area contributed by atoms with E-state index in [2.05, 4.69) is 16.9 Å². The van der Waals surface area contributed by atoms with Crippen molar-refractivity contribution in [2.24, 2.45) is 4.99 Å². The van der Waals surface area contributed by atoms with Gasteiger partial charge in [-0.15, -0.1) is 0 Å². The van der Waals surface area contributed by atoms with Crippen molar-refractivity contribution in [3.05, 3.63) is 34.7 Å². The highest BCUT2D eigenvalue weighted by Gasteiger charge is 2.28. The first kappa shape index (κ1) is 16.1. The molecule has 3 rings (SSSR count). The number of ether oxygens (including phenoxy) is 1. The molecule has 2 aliphatic heterocycles. The number of amidine groups is 1. The Morgan fingerprint density at radius 2 is 2.00 bits per heavy atom. The van der Waals surface area contributed by atoms with Crippen LogP contribution in [0.2, 0.25) is 0 Å². The molecule has 1 aromatic carbocycles. The van der Waals surface area contributed by atoms with Gasteiger partial charge in [0.25, 0.3) is 5.91 Å². The van der Waals surface area contributed by atoms with Gasteiger partial charge in [-0.25, -0.2) is 0 Å². The Kier molecular flexibility index (Phi) is 5.03. The average molecular weight is 332 g/mol. The summed E-state index contributed by atoms with van der Waals surface area (Å²) in [4.78, 5) is 20.8. The molecule has 23 heavy (non-hydrogen) atoms. The number of rotatable bonds is 3. The lowest BCUT2D eigenvalue weighted by molar-refractivity contribution is -0.883. The summed E-state index contributed by atoms with van der Waals surface area (Å²) in [5, 5.41) is 0.847. The number of hydrogen-bond donors (Lipinski definition) is 1. The Labute approximate surface area is 141 Å². The lowest BCUT2D eigenvalue weighted by Crippen LogP contribution is -3.12. The van der Waals surface area contributed by atoms with Gasteiger partial charge < -0.3 is 14.5 Å². The van der Waals surface area contributed by atoms with E-state index in [9.17, 15) is 4.79 Å². The Hall–Kier alpha value is -1.79. The van der Waals surface area contributed by atoms with E-state index in [-0.39, 0.29) is 5.91 Å². The van der Waals surface area contributed by atoms with Crippen molar-refractivity contribution < 1.29 is 14.4 Å². The van der Waals surface area contributed by atoms with Crippen molar-refractivity contribution in [1.29, 1.82) is 0 Å². The number of hydrogen-bond acceptors (Lipinski definition) is 4. The summed E-state index contributed by atoms with van der Waals surface area (Å²) >= 11 is 1.48. The number of quaternary nitrogens is 1. The number of nitrogens with one attached hydrogen (secondary N) is 1. The second-order valence-electron chi connectivity index (χ2n) is 5.76. The third kappa shape index (κ3) is 3.95. The molecule has 0 aliphatic carbocycles. The van der Waals surface area contributed by atoms with Crippen LogP contribution >= 0.6 is 11.8 Å². The maximum atomic E-state index is 12.1. The summed E-state index contributed by atoms with van der Waals surface area (Å²) < 4.78 is 5.43. The van der Waals surface area contributed by atoms with Crippen molar-refractivity contribution in [3.63, 3.8) is 0 Å². The summed E-state index contributed by atoms with van der Waals surface area (Å²) in [5.74, 6) is 0.710. The zero-order valence-corrected chi connectivity index (χ0v) is 14.4. The molecule has 0 radical (unpaired) electrons. The highest BCUT2D eigenvalue weighted by molar-refractivity contribution is 8.18. The molecule has 6 heteroatoms. The van der Waals surface area contributed by atoms with Gasteiger partial charge in [-0.1, -0.05) is 12.1 Å². The fraction of sp³-hybridized carbons (Fsp3) is 0.412. The molecule has 0 atom stereocenters. The molecular weight excluding hydrogens is 310 g/mol. The summed E-state index contributed by atoms with van der Waals surface area (Å²) in [5.41, 5.74) is 0.989. The molecule has 0 bridgehead atoms. The van der Waals surface area contributed by atoms with Gasteiger partial charge in [0, 0.05) is 0 Å². The smallest absolute Gasteiger partial charge is 0.286 e. The van der Waals surface area contributed by atoms with Crippen molar-refractivity contribution in [1.82, 2.24) is 4.90 Å². The predicted octanol–water partition coefficient (Wildman–Crippen LogP) is 0.886. The van der Waals surface area contributed by atoms with E-state index in [1.807, 2.05) is 37.3 Å². The molecule has 1 fully saturated rings. The molecule has 0 aromatic heterocycles. The van der Waals surface area contributed by atoms with Gasteiger partial charge in [0.1, 0.15) is 5.75 Å². The van der Waals surface area contributed by atoms with E-state index in [0.29, 0.717) is 11.5 Å². The summed E-state index contributed by atoms with van der Waals surface area (Å²) in [7, 11) is 2.20. The molecule has 122 valence electrons. The molecule has 5 nitrogen and oxygen atoms in total. The minimum absolute atomic E-state index is 0.134. The van der Waals surface area contributed by atoms with E-state index in [4.69, 9.17) is 4.74 Å². The number of likely N-dealkylation sites (N-methyl/N-ethyl adjacent to an activating group) is 1. The fourth-order valence-electron chi connectivity index (χ4n) is 2.59. The lowest BCUT2D eigenvalue weighted by Gasteiger charge is -2.30. The lowest BCUT2D eigenvalue weighted by atomic mass is 10.2. The molecule has 0 unspecified atom stereocenters. The maximum Gasteiger partial charge on any atom is 0.286 e. The SMILES string of the molecule is CCOc1ccc(/C=C2\SC(N3CC[NH+](C)CC3)=NC2=O)cc1. The van der Waals surface area contributed by atoms with Gasteiger partial charge in [-0.3, -0.25) is 4.79 Å². The van der Waals surface area contributed by atoms with Crippen LogP contribution in [0.25, 0.3) is 6.08 Å². The minimum Gasteiger partial charge on any atom is -0.494 e. The zero-order valence-electron chi connectivity index (χ0n) is 13.5. The molecule has 2 heterocycles. The Morgan fingerprint density at radius 1 is 1.30 bits per heavy atom. The van der Waals surface area contributed by atoms with Crippen LogP contribution in [0.15, 0.2) is 34.2 Å². The summed E-state index contributed by atoms with van der Waals surface area (Å²) in [6, 6.07) is 7.77. The van der Waals surface area contributed by atoms with Crippen molar-refractivity contribution >= 4 is 28.9 Å². The van der Waals surface area contributed by atoms with Gasteiger partial charge in [0.2, 0.25) is 0 Å². The van der Waals surface area contributed by atoms with E-state index >= 15 is 0 Å². The molecule has 0 spiro atoms. The average Bonchev–Trinajstić information content (AvgIpc) is 2.91. The molecule has 0 saturated carbocycles. The predicted molar refractivity (Wildman–Crippen MR) is 93.8 cm³/mol. The van der Waals surface area contributed by atoms with Crippen LogP contribution < -0.4 is 9.64 Å². The maximum absolute atomic E-state index is 12.1. The van der Waals surface area contributed by atoms with E-state index in [0.717, 1.165) is 42.7 Å². The number of carbonyl (C=O) groups is 1. The van der Waals surface area contributed by atoms with E-state index < -0.39 is 0 Å². The molecule has 2 aliphatic rings. The molecule has 1 N–H and O–H groups in total. The van der Waals surface area contributed by atoms with Crippen molar-refractivity contribution in [2.75, 3.05) is 39.8 Å². The van der Waals surface area contributed by atoms with Crippen molar-refractivity contribution in [2.45, 2.75) is 6.92 Å². The number of amides is 1. The van der Waals surface area contributed by atoms with Crippen molar-refractivity contribution in [3.8, 4) is 5.75 Å². The second kappa shape index (κ2) is 7.19. The zero-order chi connectivity index (χ0) is 16.2. The molecule has 1 saturated heterocycles. The minimum atomic E-state index is -0.134. The van der Waals surface area contributed by atoms with Crippen LogP contribution in [-0.2, 0) is 4.79 Å². The Bertz CT molecular complexity index is 632. The fourth-order valence-corrected chi connectivity index (χ4v) is 3.56. The van der Waals surface area contributed by atoms with Gasteiger partial charge in [-0.2, -0.15) is 4.99 Å². The quantitative estimate of drug-likeness (QED) is 0.835. The number of nitrogens with zero attached hydrogens (tertiary/aromatic N) is 2. The molecule has 1 amide bonds. The number of thioether (sulfide) groups is 1. The van der Waals surface area contributed by atoms with Crippen LogP contribution in [0.5, 0.6) is 5.75 Å². The van der Waals surface area contributed by atoms with Crippen LogP contribution in [0.4, 0.5) is 0 Å². The first-order valence-electron chi connectivity index (χ1n) is 7.97. The van der Waals surface area contributed by atoms with Gasteiger partial charge in [0.15, 0.2) is 5.17 Å². The highest BCUT2D eigenvalue weighted by atomic mass is 32.2. The molecule has 1 aromatic rings. The van der Waals surface area contributed by atoms with Crippen LogP contribution in [0.3, 0.4) is 0 Å². The number of aliphatic imine (C=N–C) groups is 1. The van der Waals surface area contributed by atoms with E-state index in [1.54, 1.807) is 0 Å². The van der Waals surface area contributed by atoms with E-state index in [1.165, 1.54) is 16.7 Å². The normalized spacial score (nSPS) is 21.0. The van der Waals surface area contributed by atoms with Crippen LogP contribution in [0.1, 0.15) is 12.5 Å². The summed E-state index contributed by atoms with van der Waals surface area (Å²) in [6.45, 7) is 6.71. The standard InChI is InChI=1S/C17H21N3O2S/c1-3-22-14-6-4-13(5-7-14)12-15-16(21)18-17(23-15)20-10-8-19(2)9-11-20/h4-7,12H,3,8-11H2,1-2H3/p+1/b15-12-. The van der Waals surface area contributed by atoms with Gasteiger partial charge >= 0.3 is 0 Å².